The van der Waals surface area contributed by atoms with Gasteiger partial charge in [0.25, 0.3) is 5.78 Å². The number of sulfonamides is 1. The number of ether oxygens (including phenoxy) is 1. The topological polar surface area (TPSA) is 148 Å². The Kier molecular flexibility index (Phi) is 5.91. The zero-order valence-corrected chi connectivity index (χ0v) is 17.5. The summed E-state index contributed by atoms with van der Waals surface area (Å²) in [6.45, 7) is 3.02. The molecule has 31 heavy (non-hydrogen) atoms. The largest absolute Gasteiger partial charge is 0.464 e. The summed E-state index contributed by atoms with van der Waals surface area (Å²) in [6.07, 6.45) is 0. The third-order valence-corrected chi connectivity index (χ3v) is 5.62. The molecule has 1 atom stereocenters. The number of para-hydroxylation sites is 1. The summed E-state index contributed by atoms with van der Waals surface area (Å²) in [7, 11) is -3.87. The molecule has 1 unspecified atom stereocenters. The molecule has 2 aromatic rings. The third-order valence-electron chi connectivity index (χ3n) is 4.69. The number of nitrogens with zero attached hydrogens (tertiary/aromatic N) is 2. The summed E-state index contributed by atoms with van der Waals surface area (Å²) in [5.41, 5.74) is 1.07. The number of rotatable bonds is 6. The lowest BCUT2D eigenvalue weighted by atomic mass is 9.95. The van der Waals surface area contributed by atoms with E-state index in [9.17, 15) is 22.8 Å². The van der Waals surface area contributed by atoms with E-state index < -0.39 is 33.2 Å². The monoisotopic (exact) mass is 444 g/mol. The standard InChI is InChI=1S/C20H20N4O6S/c1-3-30-19(27)20(2)17(16(25)18(26)24(20)14-7-5-4-6-8-14)23-22-13-9-11-15(12-10-13)31(21,28)29/h4-12,22H,3H2,1-2H3,(H2,21,28,29)/b23-17+. The van der Waals surface area contributed by atoms with Crippen molar-refractivity contribution in [2.75, 3.05) is 16.9 Å². The van der Waals surface area contributed by atoms with Gasteiger partial charge in [-0.1, -0.05) is 18.2 Å². The molecule has 0 radical (unpaired) electrons. The number of Topliss-reactive ketones (excluding diaryl/α,β-unsaturated/α-hetero) is 1. The predicted octanol–water partition coefficient (Wildman–Crippen LogP) is 1.04. The van der Waals surface area contributed by atoms with E-state index >= 15 is 0 Å². The molecular formula is C20H20N4O6S. The SMILES string of the molecule is CCOC(=O)C1(C)/C(=N/Nc2ccc(S(N)(=O)=O)cc2)C(=O)C(=O)N1c1ccccc1. The number of esters is 1. The molecule has 1 aliphatic rings. The molecule has 3 rings (SSSR count). The van der Waals surface area contributed by atoms with Crippen molar-refractivity contribution in [3.8, 4) is 0 Å². The van der Waals surface area contributed by atoms with Gasteiger partial charge in [-0.05, 0) is 50.2 Å². The summed E-state index contributed by atoms with van der Waals surface area (Å²) in [5.74, 6) is -2.71. The van der Waals surface area contributed by atoms with Crippen LogP contribution in [0.1, 0.15) is 13.8 Å². The van der Waals surface area contributed by atoms with Crippen molar-refractivity contribution in [1.82, 2.24) is 0 Å². The molecule has 3 N–H and O–H groups in total. The van der Waals surface area contributed by atoms with E-state index in [1.54, 1.807) is 37.3 Å². The third kappa shape index (κ3) is 4.05. The number of hydrazone groups is 1. The molecule has 2 aromatic carbocycles. The Morgan fingerprint density at radius 3 is 2.29 bits per heavy atom. The molecule has 11 heteroatoms. The molecule has 0 bridgehead atoms. The van der Waals surface area contributed by atoms with Crippen molar-refractivity contribution in [2.24, 2.45) is 10.2 Å². The molecule has 0 spiro atoms. The fraction of sp³-hybridized carbons (Fsp3) is 0.200. The van der Waals surface area contributed by atoms with Crippen LogP contribution < -0.4 is 15.5 Å². The van der Waals surface area contributed by atoms with Gasteiger partial charge in [0, 0.05) is 5.69 Å². The van der Waals surface area contributed by atoms with Crippen LogP contribution >= 0.6 is 0 Å². The Hall–Kier alpha value is -3.57. The number of carbonyl (C=O) groups excluding carboxylic acids is 3. The summed E-state index contributed by atoms with van der Waals surface area (Å²) in [6, 6.07) is 13.5. The second-order valence-corrected chi connectivity index (χ2v) is 8.30. The lowest BCUT2D eigenvalue weighted by Crippen LogP contribution is -2.55. The predicted molar refractivity (Wildman–Crippen MR) is 113 cm³/mol. The number of ketones is 1. The molecule has 1 amide bonds. The first kappa shape index (κ1) is 22.1. The number of hydrogen-bond acceptors (Lipinski definition) is 8. The van der Waals surface area contributed by atoms with E-state index in [-0.39, 0.29) is 17.2 Å². The average molecular weight is 444 g/mol. The fourth-order valence-corrected chi connectivity index (χ4v) is 3.66. The van der Waals surface area contributed by atoms with Crippen LogP contribution in [0.3, 0.4) is 0 Å². The first-order chi connectivity index (χ1) is 14.6. The number of amides is 1. The van der Waals surface area contributed by atoms with Gasteiger partial charge in [0.15, 0.2) is 11.3 Å². The van der Waals surface area contributed by atoms with E-state index in [1.165, 1.54) is 31.2 Å². The van der Waals surface area contributed by atoms with Crippen molar-refractivity contribution in [3.63, 3.8) is 0 Å². The van der Waals surface area contributed by atoms with Crippen LogP contribution in [0, 0.1) is 0 Å². The maximum atomic E-state index is 12.9. The number of benzene rings is 2. The highest BCUT2D eigenvalue weighted by atomic mass is 32.2. The van der Waals surface area contributed by atoms with Gasteiger partial charge >= 0.3 is 11.9 Å². The Balaban J connectivity index is 2.03. The van der Waals surface area contributed by atoms with Gasteiger partial charge in [0.1, 0.15) is 0 Å². The summed E-state index contributed by atoms with van der Waals surface area (Å²) in [4.78, 5) is 39.3. The molecule has 1 aliphatic heterocycles. The number of primary sulfonamides is 1. The molecule has 10 nitrogen and oxygen atoms in total. The number of carbonyl (C=O) groups is 3. The summed E-state index contributed by atoms with van der Waals surface area (Å²) in [5, 5.41) is 9.09. The quantitative estimate of drug-likeness (QED) is 0.384. The molecule has 0 aliphatic carbocycles. The van der Waals surface area contributed by atoms with E-state index in [2.05, 4.69) is 10.5 Å². The van der Waals surface area contributed by atoms with Crippen molar-refractivity contribution in [3.05, 3.63) is 54.6 Å². The molecule has 162 valence electrons. The number of anilines is 2. The van der Waals surface area contributed by atoms with Crippen molar-refractivity contribution in [2.45, 2.75) is 24.3 Å². The first-order valence-corrected chi connectivity index (χ1v) is 10.7. The highest BCUT2D eigenvalue weighted by Gasteiger charge is 2.60. The van der Waals surface area contributed by atoms with Gasteiger partial charge in [-0.25, -0.2) is 18.4 Å². The molecule has 1 fully saturated rings. The fourth-order valence-electron chi connectivity index (χ4n) is 3.14. The Morgan fingerprint density at radius 1 is 1.13 bits per heavy atom. The maximum absolute atomic E-state index is 12.9. The van der Waals surface area contributed by atoms with E-state index in [4.69, 9.17) is 9.88 Å². The van der Waals surface area contributed by atoms with Crippen LogP contribution in [0.5, 0.6) is 0 Å². The van der Waals surface area contributed by atoms with E-state index in [0.29, 0.717) is 11.4 Å². The van der Waals surface area contributed by atoms with E-state index in [0.717, 1.165) is 4.90 Å². The minimum absolute atomic E-state index is 0.0369. The minimum atomic E-state index is -3.87. The zero-order chi connectivity index (χ0) is 22.8. The second kappa shape index (κ2) is 8.28. The second-order valence-electron chi connectivity index (χ2n) is 6.74. The van der Waals surface area contributed by atoms with Crippen molar-refractivity contribution < 1.29 is 27.5 Å². The van der Waals surface area contributed by atoms with Crippen molar-refractivity contribution >= 4 is 44.8 Å². The van der Waals surface area contributed by atoms with Gasteiger partial charge in [-0.2, -0.15) is 5.10 Å². The van der Waals surface area contributed by atoms with Crippen LogP contribution in [-0.2, 0) is 29.1 Å². The van der Waals surface area contributed by atoms with Crippen LogP contribution in [0.2, 0.25) is 0 Å². The lowest BCUT2D eigenvalue weighted by Gasteiger charge is -2.31. The van der Waals surface area contributed by atoms with Crippen LogP contribution in [0.15, 0.2) is 64.6 Å². The number of nitrogens with two attached hydrogens (primary N) is 1. The van der Waals surface area contributed by atoms with Gasteiger partial charge in [-0.15, -0.1) is 0 Å². The Morgan fingerprint density at radius 2 is 1.74 bits per heavy atom. The Bertz CT molecular complexity index is 1160. The molecule has 0 saturated carbocycles. The maximum Gasteiger partial charge on any atom is 0.338 e. The normalized spacial score (nSPS) is 20.2. The number of hydrogen-bond donors (Lipinski definition) is 2. The zero-order valence-electron chi connectivity index (χ0n) is 16.7. The van der Waals surface area contributed by atoms with Crippen LogP contribution in [0.4, 0.5) is 11.4 Å². The molecular weight excluding hydrogens is 424 g/mol. The molecule has 1 saturated heterocycles. The van der Waals surface area contributed by atoms with Gasteiger partial charge in [0.2, 0.25) is 10.0 Å². The number of nitrogens with one attached hydrogen (secondary N) is 1. The molecule has 1 heterocycles. The smallest absolute Gasteiger partial charge is 0.338 e. The minimum Gasteiger partial charge on any atom is -0.464 e. The highest BCUT2D eigenvalue weighted by Crippen LogP contribution is 2.33. The van der Waals surface area contributed by atoms with Gasteiger partial charge in [0.05, 0.1) is 17.2 Å². The first-order valence-electron chi connectivity index (χ1n) is 9.19. The summed E-state index contributed by atoms with van der Waals surface area (Å²) < 4.78 is 27.9. The van der Waals surface area contributed by atoms with Crippen LogP contribution in [0.25, 0.3) is 0 Å². The molecule has 0 aromatic heterocycles. The Labute approximate surface area is 178 Å². The van der Waals surface area contributed by atoms with E-state index in [1.807, 2.05) is 0 Å². The van der Waals surface area contributed by atoms with Gasteiger partial charge < -0.3 is 4.74 Å². The van der Waals surface area contributed by atoms with Gasteiger partial charge in [-0.3, -0.25) is 19.9 Å². The van der Waals surface area contributed by atoms with Crippen molar-refractivity contribution in [1.29, 1.82) is 0 Å². The lowest BCUT2D eigenvalue weighted by molar-refractivity contribution is -0.147. The summed E-state index contributed by atoms with van der Waals surface area (Å²) >= 11 is 0. The van der Waals surface area contributed by atoms with Crippen LogP contribution in [-0.4, -0.2) is 43.9 Å². The average Bonchev–Trinajstić information content (AvgIpc) is 2.93. The highest BCUT2D eigenvalue weighted by molar-refractivity contribution is 7.89.